The second kappa shape index (κ2) is 3.78. The minimum absolute atomic E-state index is 0.150. The first kappa shape index (κ1) is 9.35. The van der Waals surface area contributed by atoms with Crippen molar-refractivity contribution in [1.82, 2.24) is 4.90 Å². The Kier molecular flexibility index (Phi) is 2.72. The van der Waals surface area contributed by atoms with Crippen LogP contribution in [-0.4, -0.2) is 34.5 Å². The zero-order chi connectivity index (χ0) is 9.84. The fourth-order valence-corrected chi connectivity index (χ4v) is 1.07. The van der Waals surface area contributed by atoms with Gasteiger partial charge >= 0.3 is 5.97 Å². The van der Waals surface area contributed by atoms with Gasteiger partial charge in [-0.1, -0.05) is 0 Å². The Morgan fingerprint density at radius 2 is 2.46 bits per heavy atom. The number of carboxylic acid groups (broad SMARTS) is 1. The molecule has 1 atom stereocenters. The van der Waals surface area contributed by atoms with Crippen LogP contribution < -0.4 is 5.73 Å². The lowest BCUT2D eigenvalue weighted by atomic mass is 10.1. The average Bonchev–Trinajstić information content (AvgIpc) is 2.08. The molecule has 0 unspecified atom stereocenters. The molecule has 1 heterocycles. The van der Waals surface area contributed by atoms with Gasteiger partial charge in [0, 0.05) is 19.2 Å². The number of hydrogen-bond donors (Lipinski definition) is 2. The van der Waals surface area contributed by atoms with Crippen molar-refractivity contribution in [1.29, 1.82) is 0 Å². The first-order valence-electron chi connectivity index (χ1n) is 3.82. The molecular formula is C8H10N2O3. The van der Waals surface area contributed by atoms with Crippen molar-refractivity contribution in [2.75, 3.05) is 6.54 Å². The number of carbonyl (C=O) groups is 2. The molecule has 5 heteroatoms. The summed E-state index contributed by atoms with van der Waals surface area (Å²) in [5, 5.41) is 8.73. The Bertz CT molecular complexity index is 292. The number of likely N-dealkylation sites (tertiary alicyclic amines) is 1. The van der Waals surface area contributed by atoms with Crippen molar-refractivity contribution < 1.29 is 14.7 Å². The molecule has 0 aliphatic carbocycles. The normalized spacial score (nSPS) is 16.9. The van der Waals surface area contributed by atoms with Crippen LogP contribution in [0.2, 0.25) is 0 Å². The third-order valence-corrected chi connectivity index (χ3v) is 1.83. The maximum absolute atomic E-state index is 10.9. The largest absolute Gasteiger partial charge is 0.479 e. The minimum atomic E-state index is -1.07. The molecule has 1 rings (SSSR count). The summed E-state index contributed by atoms with van der Waals surface area (Å²) in [4.78, 5) is 22.8. The highest BCUT2D eigenvalue weighted by Crippen LogP contribution is 2.14. The number of β-lactam (4-membered cyclic amide) rings is 1. The number of aliphatic carboxylic acids is 1. The Balaban J connectivity index is 2.73. The molecule has 1 fully saturated rings. The van der Waals surface area contributed by atoms with Crippen LogP contribution in [0, 0.1) is 0 Å². The topological polar surface area (TPSA) is 83.6 Å². The zero-order valence-corrected chi connectivity index (χ0v) is 6.93. The maximum Gasteiger partial charge on any atom is 0.331 e. The van der Waals surface area contributed by atoms with Crippen molar-refractivity contribution in [3.8, 4) is 0 Å². The van der Waals surface area contributed by atoms with Crippen molar-refractivity contribution in [3.63, 3.8) is 0 Å². The van der Waals surface area contributed by atoms with Crippen molar-refractivity contribution in [2.45, 2.75) is 12.5 Å². The second-order valence-electron chi connectivity index (χ2n) is 2.62. The molecule has 1 aliphatic heterocycles. The molecule has 5 nitrogen and oxygen atoms in total. The van der Waals surface area contributed by atoms with E-state index in [1.165, 1.54) is 11.0 Å². The number of hydrogen-bond acceptors (Lipinski definition) is 3. The first-order valence-corrected chi connectivity index (χ1v) is 3.82. The molecule has 0 aromatic carbocycles. The number of rotatable bonds is 3. The molecule has 0 saturated carbocycles. The summed E-state index contributed by atoms with van der Waals surface area (Å²) >= 11 is 0. The van der Waals surface area contributed by atoms with E-state index in [0.29, 0.717) is 13.0 Å². The molecule has 0 radical (unpaired) electrons. The highest BCUT2D eigenvalue weighted by molar-refractivity contribution is 5.88. The molecule has 0 spiro atoms. The highest BCUT2D eigenvalue weighted by atomic mass is 16.4. The lowest BCUT2D eigenvalue weighted by Gasteiger charge is -2.33. The first-order chi connectivity index (χ1) is 6.16. The van der Waals surface area contributed by atoms with E-state index in [4.69, 9.17) is 10.8 Å². The van der Waals surface area contributed by atoms with Gasteiger partial charge in [0.2, 0.25) is 5.91 Å². The third kappa shape index (κ3) is 1.89. The molecule has 1 aliphatic rings. The smallest absolute Gasteiger partial charge is 0.331 e. The Morgan fingerprint density at radius 1 is 1.77 bits per heavy atom. The third-order valence-electron chi connectivity index (χ3n) is 1.83. The van der Waals surface area contributed by atoms with E-state index in [-0.39, 0.29) is 5.91 Å². The molecular weight excluding hydrogens is 172 g/mol. The molecule has 0 bridgehead atoms. The van der Waals surface area contributed by atoms with Crippen LogP contribution >= 0.6 is 0 Å². The van der Waals surface area contributed by atoms with Gasteiger partial charge in [-0.2, -0.15) is 0 Å². The van der Waals surface area contributed by atoms with E-state index in [1.807, 2.05) is 0 Å². The van der Waals surface area contributed by atoms with Gasteiger partial charge in [0.15, 0.2) is 6.04 Å². The van der Waals surface area contributed by atoms with Gasteiger partial charge < -0.3 is 15.7 Å². The van der Waals surface area contributed by atoms with Crippen LogP contribution in [0.25, 0.3) is 0 Å². The van der Waals surface area contributed by atoms with Gasteiger partial charge in [0.1, 0.15) is 0 Å². The summed E-state index contributed by atoms with van der Waals surface area (Å²) in [7, 11) is 0. The number of nitrogens with two attached hydrogens (primary N) is 1. The van der Waals surface area contributed by atoms with Crippen LogP contribution in [0.4, 0.5) is 0 Å². The van der Waals surface area contributed by atoms with Gasteiger partial charge in [-0.15, -0.1) is 5.73 Å². The fraction of sp³-hybridized carbons (Fsp3) is 0.375. The number of carbonyl (C=O) groups excluding carboxylic acids is 1. The summed E-state index contributed by atoms with van der Waals surface area (Å²) in [6.45, 7) is 0.485. The Hall–Kier alpha value is -1.74. The van der Waals surface area contributed by atoms with Gasteiger partial charge in [0.05, 0.1) is 0 Å². The van der Waals surface area contributed by atoms with Crippen molar-refractivity contribution in [2.24, 2.45) is 5.73 Å². The van der Waals surface area contributed by atoms with Crippen LogP contribution in [-0.2, 0) is 9.59 Å². The van der Waals surface area contributed by atoms with Crippen LogP contribution in [0.5, 0.6) is 0 Å². The van der Waals surface area contributed by atoms with E-state index >= 15 is 0 Å². The summed E-state index contributed by atoms with van der Waals surface area (Å²) in [5.41, 5.74) is 7.46. The maximum atomic E-state index is 10.9. The van der Waals surface area contributed by atoms with E-state index in [0.717, 1.165) is 6.20 Å². The molecule has 70 valence electrons. The Morgan fingerprint density at radius 3 is 2.77 bits per heavy atom. The lowest BCUT2D eigenvalue weighted by Crippen LogP contribution is -2.52. The average molecular weight is 182 g/mol. The fourth-order valence-electron chi connectivity index (χ4n) is 1.07. The number of amides is 1. The monoisotopic (exact) mass is 182 g/mol. The predicted octanol–water partition coefficient (Wildman–Crippen LogP) is -0.701. The molecule has 0 aromatic heterocycles. The summed E-state index contributed by atoms with van der Waals surface area (Å²) in [5.74, 6) is -1.22. The predicted molar refractivity (Wildman–Crippen MR) is 44.6 cm³/mol. The van der Waals surface area contributed by atoms with E-state index < -0.39 is 12.0 Å². The van der Waals surface area contributed by atoms with E-state index in [9.17, 15) is 9.59 Å². The molecule has 0 aromatic rings. The zero-order valence-electron chi connectivity index (χ0n) is 6.93. The molecule has 1 saturated heterocycles. The highest BCUT2D eigenvalue weighted by Gasteiger charge is 2.33. The van der Waals surface area contributed by atoms with Crippen LogP contribution in [0.3, 0.4) is 0 Å². The number of carboxylic acids is 1. The SMILES string of the molecule is NC=C=C[C@@H](C(=O)O)N1CCC1=O. The van der Waals surface area contributed by atoms with Gasteiger partial charge in [-0.05, 0) is 6.08 Å². The van der Waals surface area contributed by atoms with Gasteiger partial charge in [-0.3, -0.25) is 4.79 Å². The van der Waals surface area contributed by atoms with Crippen molar-refractivity contribution in [3.05, 3.63) is 18.0 Å². The molecule has 3 N–H and O–H groups in total. The molecule has 13 heavy (non-hydrogen) atoms. The number of nitrogens with zero attached hydrogens (tertiary/aromatic N) is 1. The second-order valence-corrected chi connectivity index (χ2v) is 2.62. The van der Waals surface area contributed by atoms with Crippen molar-refractivity contribution >= 4 is 11.9 Å². The van der Waals surface area contributed by atoms with Crippen LogP contribution in [0.1, 0.15) is 6.42 Å². The Labute approximate surface area is 75.1 Å². The summed E-state index contributed by atoms with van der Waals surface area (Å²) in [6, 6.07) is -0.930. The van der Waals surface area contributed by atoms with Gasteiger partial charge in [0.25, 0.3) is 0 Å². The quantitative estimate of drug-likeness (QED) is 0.446. The molecule has 1 amide bonds. The summed E-state index contributed by atoms with van der Waals surface area (Å²) < 4.78 is 0. The standard InChI is InChI=1S/C8H10N2O3/c9-4-1-2-6(8(12)13)10-5-3-7(10)11/h2,4,6H,3,5,9H2,(H,12,13)/t1?,6-/m0/s1. The minimum Gasteiger partial charge on any atom is -0.479 e. The van der Waals surface area contributed by atoms with E-state index in [2.05, 4.69) is 5.73 Å². The summed E-state index contributed by atoms with van der Waals surface area (Å²) in [6.07, 6.45) is 2.80. The lowest BCUT2D eigenvalue weighted by molar-refractivity contribution is -0.153. The van der Waals surface area contributed by atoms with Gasteiger partial charge in [-0.25, -0.2) is 4.79 Å². The van der Waals surface area contributed by atoms with Crippen LogP contribution in [0.15, 0.2) is 18.0 Å². The van der Waals surface area contributed by atoms with E-state index in [1.54, 1.807) is 0 Å².